The summed E-state index contributed by atoms with van der Waals surface area (Å²) in [5.41, 5.74) is -1.07. The summed E-state index contributed by atoms with van der Waals surface area (Å²) >= 11 is 5.65. The van der Waals surface area contributed by atoms with Crippen molar-refractivity contribution in [2.45, 2.75) is 24.8 Å². The maximum atomic E-state index is 13.6. The van der Waals surface area contributed by atoms with Crippen molar-refractivity contribution in [3.63, 3.8) is 0 Å². The highest BCUT2D eigenvalue weighted by atomic mass is 35.5. The van der Waals surface area contributed by atoms with E-state index in [2.05, 4.69) is 5.32 Å². The van der Waals surface area contributed by atoms with Crippen LogP contribution in [0, 0.1) is 11.7 Å². The monoisotopic (exact) mass is 384 g/mol. The number of benzene rings is 1. The second-order valence-electron chi connectivity index (χ2n) is 6.49. The van der Waals surface area contributed by atoms with E-state index < -0.39 is 29.2 Å². The van der Waals surface area contributed by atoms with Crippen molar-refractivity contribution >= 4 is 35.1 Å². The number of carboxylic acids is 1. The molecule has 9 heteroatoms. The van der Waals surface area contributed by atoms with E-state index in [0.29, 0.717) is 5.69 Å². The predicted molar refractivity (Wildman–Crippen MR) is 90.4 cm³/mol. The first-order valence-electron chi connectivity index (χ1n) is 8.21. The SMILES string of the molecule is O=C(NC1(C(=O)O)CCOCC1)C1CC(=O)N(c2ccc(Cl)c(F)c2)C1. The van der Waals surface area contributed by atoms with Crippen molar-refractivity contribution < 1.29 is 28.6 Å². The van der Waals surface area contributed by atoms with Gasteiger partial charge in [-0.3, -0.25) is 9.59 Å². The van der Waals surface area contributed by atoms with E-state index >= 15 is 0 Å². The summed E-state index contributed by atoms with van der Waals surface area (Å²) in [6, 6.07) is 3.98. The Morgan fingerprint density at radius 2 is 2.04 bits per heavy atom. The van der Waals surface area contributed by atoms with Gasteiger partial charge < -0.3 is 20.1 Å². The van der Waals surface area contributed by atoms with E-state index in [0.717, 1.165) is 6.07 Å². The fraction of sp³-hybridized carbons (Fsp3) is 0.471. The van der Waals surface area contributed by atoms with Crippen LogP contribution in [0.2, 0.25) is 5.02 Å². The van der Waals surface area contributed by atoms with Crippen LogP contribution in [0.15, 0.2) is 18.2 Å². The normalized spacial score (nSPS) is 22.3. The first-order chi connectivity index (χ1) is 12.3. The van der Waals surface area contributed by atoms with Gasteiger partial charge in [0, 0.05) is 44.7 Å². The molecule has 2 saturated heterocycles. The van der Waals surface area contributed by atoms with Crippen LogP contribution in [-0.4, -0.2) is 48.2 Å². The van der Waals surface area contributed by atoms with Gasteiger partial charge in [-0.1, -0.05) is 11.6 Å². The number of carbonyl (C=O) groups is 3. The average Bonchev–Trinajstić information content (AvgIpc) is 3.00. The summed E-state index contributed by atoms with van der Waals surface area (Å²) in [6.07, 6.45) is 0.268. The minimum atomic E-state index is -1.38. The number of amides is 2. The number of nitrogens with one attached hydrogen (secondary N) is 1. The van der Waals surface area contributed by atoms with Crippen molar-refractivity contribution in [2.24, 2.45) is 5.92 Å². The maximum absolute atomic E-state index is 13.6. The van der Waals surface area contributed by atoms with E-state index in [4.69, 9.17) is 16.3 Å². The largest absolute Gasteiger partial charge is 0.480 e. The number of ether oxygens (including phenoxy) is 1. The molecule has 3 rings (SSSR count). The van der Waals surface area contributed by atoms with E-state index in [1.54, 1.807) is 0 Å². The number of carboxylic acid groups (broad SMARTS) is 1. The molecule has 0 bridgehead atoms. The summed E-state index contributed by atoms with van der Waals surface area (Å²) in [4.78, 5) is 37.8. The molecule has 0 aliphatic carbocycles. The summed E-state index contributed by atoms with van der Waals surface area (Å²) in [5, 5.41) is 12.1. The quantitative estimate of drug-likeness (QED) is 0.821. The van der Waals surface area contributed by atoms with Gasteiger partial charge in [0.05, 0.1) is 10.9 Å². The Bertz CT molecular complexity index is 751. The van der Waals surface area contributed by atoms with Crippen LogP contribution >= 0.6 is 11.6 Å². The van der Waals surface area contributed by atoms with Gasteiger partial charge in [-0.25, -0.2) is 9.18 Å². The fourth-order valence-electron chi connectivity index (χ4n) is 3.24. The molecule has 0 saturated carbocycles. The molecule has 1 atom stereocenters. The van der Waals surface area contributed by atoms with Gasteiger partial charge in [-0.05, 0) is 18.2 Å². The van der Waals surface area contributed by atoms with Gasteiger partial charge in [-0.2, -0.15) is 0 Å². The number of nitrogens with zero attached hydrogens (tertiary/aromatic N) is 1. The van der Waals surface area contributed by atoms with Gasteiger partial charge in [0.15, 0.2) is 0 Å². The molecule has 1 aromatic rings. The van der Waals surface area contributed by atoms with Crippen LogP contribution in [-0.2, 0) is 19.1 Å². The average molecular weight is 385 g/mol. The molecule has 2 amide bonds. The Balaban J connectivity index is 1.72. The van der Waals surface area contributed by atoms with Crippen molar-refractivity contribution in [3.05, 3.63) is 29.0 Å². The number of halogens is 2. The third-order valence-corrected chi connectivity index (χ3v) is 5.14. The number of rotatable bonds is 4. The van der Waals surface area contributed by atoms with Crippen LogP contribution in [0.1, 0.15) is 19.3 Å². The van der Waals surface area contributed by atoms with Crippen LogP contribution in [0.5, 0.6) is 0 Å². The molecule has 0 spiro atoms. The maximum Gasteiger partial charge on any atom is 0.329 e. The molecule has 7 nitrogen and oxygen atoms in total. The first kappa shape index (κ1) is 18.6. The van der Waals surface area contributed by atoms with Gasteiger partial charge >= 0.3 is 5.97 Å². The minimum absolute atomic E-state index is 0.0535. The second-order valence-corrected chi connectivity index (χ2v) is 6.90. The number of carbonyl (C=O) groups excluding carboxylic acids is 2. The number of anilines is 1. The third kappa shape index (κ3) is 3.52. The van der Waals surface area contributed by atoms with Gasteiger partial charge in [0.1, 0.15) is 11.4 Å². The van der Waals surface area contributed by atoms with Crippen molar-refractivity contribution in [1.29, 1.82) is 0 Å². The van der Waals surface area contributed by atoms with Crippen LogP contribution in [0.25, 0.3) is 0 Å². The molecule has 2 aliphatic rings. The molecule has 0 aromatic heterocycles. The number of hydrogen-bond donors (Lipinski definition) is 2. The molecular formula is C17H18ClFN2O5. The van der Waals surface area contributed by atoms with E-state index in [9.17, 15) is 23.9 Å². The summed E-state index contributed by atoms with van der Waals surface area (Å²) < 4.78 is 18.8. The lowest BCUT2D eigenvalue weighted by atomic mass is 9.89. The Kier molecular flexibility index (Phi) is 5.15. The first-order valence-corrected chi connectivity index (χ1v) is 8.59. The second kappa shape index (κ2) is 7.20. The fourth-order valence-corrected chi connectivity index (χ4v) is 3.35. The van der Waals surface area contributed by atoms with E-state index in [1.165, 1.54) is 17.0 Å². The van der Waals surface area contributed by atoms with Gasteiger partial charge in [0.2, 0.25) is 11.8 Å². The van der Waals surface area contributed by atoms with Crippen molar-refractivity contribution in [2.75, 3.05) is 24.7 Å². The molecule has 1 unspecified atom stereocenters. The zero-order valence-corrected chi connectivity index (χ0v) is 14.6. The predicted octanol–water partition coefficient (Wildman–Crippen LogP) is 1.58. The lowest BCUT2D eigenvalue weighted by Gasteiger charge is -2.34. The topological polar surface area (TPSA) is 95.9 Å². The summed E-state index contributed by atoms with van der Waals surface area (Å²) in [6.45, 7) is 0.538. The Labute approximate surface area is 154 Å². The Hall–Kier alpha value is -2.19. The number of hydrogen-bond acceptors (Lipinski definition) is 4. The van der Waals surface area contributed by atoms with Crippen molar-refractivity contribution in [1.82, 2.24) is 5.32 Å². The summed E-state index contributed by atoms with van der Waals surface area (Å²) in [7, 11) is 0. The highest BCUT2D eigenvalue weighted by Crippen LogP contribution is 2.29. The molecule has 2 fully saturated rings. The molecule has 1 aromatic carbocycles. The smallest absolute Gasteiger partial charge is 0.329 e. The lowest BCUT2D eigenvalue weighted by molar-refractivity contribution is -0.152. The van der Waals surface area contributed by atoms with Crippen LogP contribution in [0.4, 0.5) is 10.1 Å². The zero-order valence-electron chi connectivity index (χ0n) is 13.8. The molecule has 0 radical (unpaired) electrons. The molecule has 2 N–H and O–H groups in total. The Morgan fingerprint density at radius 3 is 2.65 bits per heavy atom. The highest BCUT2D eigenvalue weighted by molar-refractivity contribution is 6.30. The van der Waals surface area contributed by atoms with Gasteiger partial charge in [0.25, 0.3) is 0 Å². The van der Waals surface area contributed by atoms with Gasteiger partial charge in [-0.15, -0.1) is 0 Å². The summed E-state index contributed by atoms with van der Waals surface area (Å²) in [5.74, 6) is -3.31. The van der Waals surface area contributed by atoms with Crippen LogP contribution in [0.3, 0.4) is 0 Å². The molecular weight excluding hydrogens is 367 g/mol. The molecule has 26 heavy (non-hydrogen) atoms. The number of aliphatic carboxylic acids is 1. The zero-order chi connectivity index (χ0) is 18.9. The van der Waals surface area contributed by atoms with Crippen molar-refractivity contribution in [3.8, 4) is 0 Å². The van der Waals surface area contributed by atoms with E-state index in [1.807, 2.05) is 0 Å². The molecule has 140 valence electrons. The van der Waals surface area contributed by atoms with Crippen LogP contribution < -0.4 is 10.2 Å². The van der Waals surface area contributed by atoms with E-state index in [-0.39, 0.29) is 50.0 Å². The Morgan fingerprint density at radius 1 is 1.35 bits per heavy atom. The standard InChI is InChI=1S/C17H18ClFN2O5/c18-12-2-1-11(8-13(12)19)21-9-10(7-14(21)22)15(23)20-17(16(24)25)3-5-26-6-4-17/h1-2,8,10H,3-7,9H2,(H,20,23)(H,24,25). The third-order valence-electron chi connectivity index (χ3n) is 4.83. The highest BCUT2D eigenvalue weighted by Gasteiger charge is 2.44. The minimum Gasteiger partial charge on any atom is -0.480 e. The molecule has 2 aliphatic heterocycles. The lowest BCUT2D eigenvalue weighted by Crippen LogP contribution is -2.58. The molecule has 2 heterocycles.